The molecule has 0 bridgehead atoms. The van der Waals surface area contributed by atoms with Crippen molar-refractivity contribution in [1.82, 2.24) is 25.2 Å². The summed E-state index contributed by atoms with van der Waals surface area (Å²) in [5, 5.41) is 5.56. The van der Waals surface area contributed by atoms with Gasteiger partial charge in [-0.15, -0.1) is 0 Å². The largest absolute Gasteiger partial charge is 0.336 e. The summed E-state index contributed by atoms with van der Waals surface area (Å²) in [6, 6.07) is 8.86. The highest BCUT2D eigenvalue weighted by atomic mass is 19.1. The number of pyridine rings is 1. The molecule has 0 saturated heterocycles. The average Bonchev–Trinajstić information content (AvgIpc) is 3.05. The highest BCUT2D eigenvalue weighted by Crippen LogP contribution is 2.22. The smallest absolute Gasteiger partial charge is 0.315 e. The van der Waals surface area contributed by atoms with Crippen LogP contribution in [-0.2, 0) is 13.6 Å². The molecule has 1 aromatic carbocycles. The zero-order chi connectivity index (χ0) is 17.6. The van der Waals surface area contributed by atoms with Gasteiger partial charge in [0.25, 0.3) is 0 Å². The Hall–Kier alpha value is -3.22. The third-order valence-corrected chi connectivity index (χ3v) is 3.81. The number of halogens is 1. The van der Waals surface area contributed by atoms with E-state index in [4.69, 9.17) is 0 Å². The molecule has 3 aromatic rings. The van der Waals surface area contributed by atoms with Crippen molar-refractivity contribution in [2.45, 2.75) is 12.6 Å². The molecule has 0 aliphatic heterocycles. The Morgan fingerprint density at radius 2 is 1.96 bits per heavy atom. The van der Waals surface area contributed by atoms with Gasteiger partial charge in [0.05, 0.1) is 0 Å². The van der Waals surface area contributed by atoms with Gasteiger partial charge in [-0.2, -0.15) is 0 Å². The summed E-state index contributed by atoms with van der Waals surface area (Å²) < 4.78 is 16.0. The molecule has 25 heavy (non-hydrogen) atoms. The molecular formula is C18H18FN5O. The lowest BCUT2D eigenvalue weighted by molar-refractivity contribution is 0.237. The number of urea groups is 1. The van der Waals surface area contributed by atoms with Gasteiger partial charge >= 0.3 is 6.03 Å². The second kappa shape index (κ2) is 7.57. The van der Waals surface area contributed by atoms with Gasteiger partial charge in [0.2, 0.25) is 0 Å². The Balaban J connectivity index is 1.77. The molecule has 2 N–H and O–H groups in total. The van der Waals surface area contributed by atoms with Crippen LogP contribution in [0.5, 0.6) is 0 Å². The Bertz CT molecular complexity index is 849. The van der Waals surface area contributed by atoms with Crippen LogP contribution in [0.3, 0.4) is 0 Å². The number of carbonyl (C=O) groups is 1. The quantitative estimate of drug-likeness (QED) is 0.750. The molecule has 3 rings (SSSR count). The average molecular weight is 339 g/mol. The maximum absolute atomic E-state index is 14.2. The molecule has 2 aromatic heterocycles. The minimum atomic E-state index is -0.696. The number of aromatic nitrogens is 3. The molecule has 128 valence electrons. The van der Waals surface area contributed by atoms with E-state index in [0.717, 1.165) is 5.56 Å². The molecule has 6 nitrogen and oxygen atoms in total. The van der Waals surface area contributed by atoms with Crippen molar-refractivity contribution in [2.24, 2.45) is 7.05 Å². The Kier molecular flexibility index (Phi) is 5.03. The topological polar surface area (TPSA) is 71.8 Å². The predicted octanol–water partition coefficient (Wildman–Crippen LogP) is 2.54. The van der Waals surface area contributed by atoms with Gasteiger partial charge < -0.3 is 15.2 Å². The molecule has 2 heterocycles. The van der Waals surface area contributed by atoms with E-state index in [-0.39, 0.29) is 0 Å². The zero-order valence-electron chi connectivity index (χ0n) is 13.7. The van der Waals surface area contributed by atoms with Crippen LogP contribution in [0.4, 0.5) is 9.18 Å². The van der Waals surface area contributed by atoms with Crippen LogP contribution in [0.25, 0.3) is 0 Å². The van der Waals surface area contributed by atoms with Crippen molar-refractivity contribution in [3.8, 4) is 0 Å². The molecule has 0 spiro atoms. The summed E-state index contributed by atoms with van der Waals surface area (Å²) in [5.41, 5.74) is 1.28. The van der Waals surface area contributed by atoms with Gasteiger partial charge in [-0.05, 0) is 23.8 Å². The molecule has 0 aliphatic carbocycles. The molecule has 2 amide bonds. The molecule has 0 fully saturated rings. The van der Waals surface area contributed by atoms with Crippen LogP contribution in [0.15, 0.2) is 61.2 Å². The number of rotatable bonds is 5. The highest BCUT2D eigenvalue weighted by Gasteiger charge is 2.23. The fourth-order valence-corrected chi connectivity index (χ4v) is 2.51. The van der Waals surface area contributed by atoms with Crippen LogP contribution in [-0.4, -0.2) is 20.6 Å². The summed E-state index contributed by atoms with van der Waals surface area (Å²) in [4.78, 5) is 20.5. The minimum Gasteiger partial charge on any atom is -0.336 e. The second-order valence-corrected chi connectivity index (χ2v) is 5.53. The second-order valence-electron chi connectivity index (χ2n) is 5.53. The van der Waals surface area contributed by atoms with Crippen molar-refractivity contribution in [1.29, 1.82) is 0 Å². The molecule has 7 heteroatoms. The van der Waals surface area contributed by atoms with E-state index >= 15 is 0 Å². The van der Waals surface area contributed by atoms with Gasteiger partial charge in [0.1, 0.15) is 17.7 Å². The number of carbonyl (C=O) groups excluding carboxylic acids is 1. The van der Waals surface area contributed by atoms with E-state index in [1.54, 1.807) is 54.6 Å². The van der Waals surface area contributed by atoms with E-state index in [1.165, 1.54) is 6.07 Å². The third kappa shape index (κ3) is 4.00. The van der Waals surface area contributed by atoms with E-state index in [1.807, 2.05) is 12.1 Å². The lowest BCUT2D eigenvalue weighted by Crippen LogP contribution is -2.39. The Morgan fingerprint density at radius 3 is 2.64 bits per heavy atom. The van der Waals surface area contributed by atoms with Crippen LogP contribution in [0, 0.1) is 5.82 Å². The highest BCUT2D eigenvalue weighted by molar-refractivity contribution is 5.74. The van der Waals surface area contributed by atoms with Crippen molar-refractivity contribution in [3.05, 3.63) is 84.0 Å². The number of amides is 2. The molecule has 1 atom stereocenters. The molecule has 0 saturated carbocycles. The molecule has 0 aliphatic rings. The van der Waals surface area contributed by atoms with Crippen LogP contribution >= 0.6 is 0 Å². The lowest BCUT2D eigenvalue weighted by Gasteiger charge is -2.20. The first-order valence-electron chi connectivity index (χ1n) is 7.80. The van der Waals surface area contributed by atoms with Crippen LogP contribution < -0.4 is 10.6 Å². The molecular weight excluding hydrogens is 321 g/mol. The predicted molar refractivity (Wildman–Crippen MR) is 91.1 cm³/mol. The number of hydrogen-bond donors (Lipinski definition) is 2. The van der Waals surface area contributed by atoms with E-state index in [2.05, 4.69) is 20.6 Å². The number of aryl methyl sites for hydroxylation is 1. The normalized spacial score (nSPS) is 11.8. The van der Waals surface area contributed by atoms with E-state index < -0.39 is 17.9 Å². The fourth-order valence-electron chi connectivity index (χ4n) is 2.51. The van der Waals surface area contributed by atoms with Crippen molar-refractivity contribution < 1.29 is 9.18 Å². The summed E-state index contributed by atoms with van der Waals surface area (Å²) >= 11 is 0. The van der Waals surface area contributed by atoms with Crippen molar-refractivity contribution >= 4 is 6.03 Å². The van der Waals surface area contributed by atoms with Crippen molar-refractivity contribution in [3.63, 3.8) is 0 Å². The number of hydrogen-bond acceptors (Lipinski definition) is 3. The maximum atomic E-state index is 14.2. The monoisotopic (exact) mass is 339 g/mol. The number of imidazole rings is 1. The summed E-state index contributed by atoms with van der Waals surface area (Å²) in [5.74, 6) is 0.147. The van der Waals surface area contributed by atoms with Gasteiger partial charge in [0.15, 0.2) is 0 Å². The van der Waals surface area contributed by atoms with Gasteiger partial charge in [-0.3, -0.25) is 4.98 Å². The summed E-state index contributed by atoms with van der Waals surface area (Å²) in [6.07, 6.45) is 6.68. The van der Waals surface area contributed by atoms with E-state index in [9.17, 15) is 9.18 Å². The van der Waals surface area contributed by atoms with E-state index in [0.29, 0.717) is 17.9 Å². The Labute approximate surface area is 144 Å². The van der Waals surface area contributed by atoms with Crippen LogP contribution in [0.1, 0.15) is 23.0 Å². The SMILES string of the molecule is Cn1ccnc1[C@@H](NC(=O)NCc1ccncc1)c1ccccc1F. The van der Waals surface area contributed by atoms with Crippen LogP contribution in [0.2, 0.25) is 0 Å². The minimum absolute atomic E-state index is 0.346. The number of nitrogens with one attached hydrogen (secondary N) is 2. The fraction of sp³-hybridized carbons (Fsp3) is 0.167. The first kappa shape index (κ1) is 16.6. The van der Waals surface area contributed by atoms with Gasteiger partial charge in [0, 0.05) is 43.9 Å². The Morgan fingerprint density at radius 1 is 1.20 bits per heavy atom. The standard InChI is InChI=1S/C18H18FN5O/c1-24-11-10-21-17(24)16(14-4-2-3-5-15(14)19)23-18(25)22-12-13-6-8-20-9-7-13/h2-11,16H,12H2,1H3,(H2,22,23,25)/t16-/m0/s1. The number of benzene rings is 1. The molecule has 0 unspecified atom stereocenters. The first-order chi connectivity index (χ1) is 12.1. The summed E-state index contributed by atoms with van der Waals surface area (Å²) in [7, 11) is 1.80. The maximum Gasteiger partial charge on any atom is 0.315 e. The first-order valence-corrected chi connectivity index (χ1v) is 7.80. The molecule has 0 radical (unpaired) electrons. The van der Waals surface area contributed by atoms with Gasteiger partial charge in [-0.25, -0.2) is 14.2 Å². The number of nitrogens with zero attached hydrogens (tertiary/aromatic N) is 3. The lowest BCUT2D eigenvalue weighted by atomic mass is 10.1. The third-order valence-electron chi connectivity index (χ3n) is 3.81. The summed E-state index contributed by atoms with van der Waals surface area (Å²) in [6.45, 7) is 0.346. The van der Waals surface area contributed by atoms with Crippen molar-refractivity contribution in [2.75, 3.05) is 0 Å². The van der Waals surface area contributed by atoms with Gasteiger partial charge in [-0.1, -0.05) is 18.2 Å². The zero-order valence-corrected chi connectivity index (χ0v) is 13.7.